The zero-order chi connectivity index (χ0) is 13.8. The molecule has 0 aliphatic heterocycles. The second-order valence-electron chi connectivity index (χ2n) is 3.53. The van der Waals surface area contributed by atoms with E-state index in [1.165, 1.54) is 24.3 Å². The van der Waals surface area contributed by atoms with E-state index in [1.807, 2.05) is 0 Å². The number of carbonyl (C=O) groups excluding carboxylic acids is 1. The first-order valence-corrected chi connectivity index (χ1v) is 6.85. The van der Waals surface area contributed by atoms with Gasteiger partial charge in [0.15, 0.2) is 6.10 Å². The molecule has 0 bridgehead atoms. The van der Waals surface area contributed by atoms with Crippen LogP contribution < -0.4 is 9.88 Å². The number of carbonyl (C=O) groups is 1. The highest BCUT2D eigenvalue weighted by atomic mass is 32.2. The van der Waals surface area contributed by atoms with Crippen LogP contribution in [-0.2, 0) is 19.6 Å². The van der Waals surface area contributed by atoms with Crippen LogP contribution in [0.2, 0.25) is 0 Å². The summed E-state index contributed by atoms with van der Waals surface area (Å²) < 4.78 is 32.1. The van der Waals surface area contributed by atoms with Crippen LogP contribution in [0.15, 0.2) is 29.2 Å². The van der Waals surface area contributed by atoms with E-state index >= 15 is 0 Å². The van der Waals surface area contributed by atoms with E-state index in [0.29, 0.717) is 5.75 Å². The number of hydrogen-bond acceptors (Lipinski definition) is 5. The second-order valence-corrected chi connectivity index (χ2v) is 5.09. The Bertz CT molecular complexity index is 509. The van der Waals surface area contributed by atoms with Gasteiger partial charge in [0.1, 0.15) is 5.75 Å². The fourth-order valence-corrected chi connectivity index (χ4v) is 1.74. The van der Waals surface area contributed by atoms with Crippen LogP contribution >= 0.6 is 0 Å². The van der Waals surface area contributed by atoms with Gasteiger partial charge >= 0.3 is 5.97 Å². The largest absolute Gasteiger partial charge is 0.479 e. The first kappa shape index (κ1) is 14.5. The number of sulfonamides is 1. The van der Waals surface area contributed by atoms with E-state index in [1.54, 1.807) is 13.8 Å². The van der Waals surface area contributed by atoms with Gasteiger partial charge in [-0.15, -0.1) is 0 Å². The predicted octanol–water partition coefficient (Wildman–Crippen LogP) is 0.664. The standard InChI is InChI=1S/C11H15NO5S/c1-3-16-11(13)8(2)17-9-4-6-10(7-5-9)18(12,14)15/h4-8H,3H2,1-2H3,(H2,12,14,15)/t8-/m0/s1. The van der Waals surface area contributed by atoms with Crippen molar-refractivity contribution in [1.82, 2.24) is 0 Å². The van der Waals surface area contributed by atoms with Crippen molar-refractivity contribution in [3.05, 3.63) is 24.3 Å². The third-order valence-electron chi connectivity index (χ3n) is 2.08. The smallest absolute Gasteiger partial charge is 0.347 e. The lowest BCUT2D eigenvalue weighted by atomic mass is 10.3. The van der Waals surface area contributed by atoms with Crippen molar-refractivity contribution >= 4 is 16.0 Å². The molecular weight excluding hydrogens is 258 g/mol. The van der Waals surface area contributed by atoms with E-state index in [4.69, 9.17) is 14.6 Å². The molecule has 0 spiro atoms. The van der Waals surface area contributed by atoms with E-state index < -0.39 is 22.1 Å². The summed E-state index contributed by atoms with van der Waals surface area (Å²) in [6.45, 7) is 3.52. The van der Waals surface area contributed by atoms with Gasteiger partial charge in [0, 0.05) is 0 Å². The van der Waals surface area contributed by atoms with Gasteiger partial charge in [-0.05, 0) is 38.1 Å². The Labute approximate surface area is 106 Å². The summed E-state index contributed by atoms with van der Waals surface area (Å²) >= 11 is 0. The molecule has 0 saturated carbocycles. The third kappa shape index (κ3) is 4.01. The summed E-state index contributed by atoms with van der Waals surface area (Å²) in [5.74, 6) is -0.115. The normalized spacial score (nSPS) is 12.8. The molecule has 1 atom stereocenters. The van der Waals surface area contributed by atoms with Crippen LogP contribution in [0.4, 0.5) is 0 Å². The van der Waals surface area contributed by atoms with E-state index in [2.05, 4.69) is 0 Å². The molecule has 100 valence electrons. The molecule has 0 fully saturated rings. The lowest BCUT2D eigenvalue weighted by molar-refractivity contribution is -0.150. The van der Waals surface area contributed by atoms with E-state index in [0.717, 1.165) is 0 Å². The molecule has 0 radical (unpaired) electrons. The maximum Gasteiger partial charge on any atom is 0.347 e. The minimum atomic E-state index is -3.72. The van der Waals surface area contributed by atoms with Gasteiger partial charge in [0.2, 0.25) is 10.0 Å². The van der Waals surface area contributed by atoms with Gasteiger partial charge in [-0.25, -0.2) is 18.4 Å². The second kappa shape index (κ2) is 5.83. The molecule has 0 unspecified atom stereocenters. The van der Waals surface area contributed by atoms with Crippen LogP contribution in [0, 0.1) is 0 Å². The maximum absolute atomic E-state index is 11.3. The van der Waals surface area contributed by atoms with Gasteiger partial charge in [0.05, 0.1) is 11.5 Å². The van der Waals surface area contributed by atoms with Crippen LogP contribution in [0.1, 0.15) is 13.8 Å². The van der Waals surface area contributed by atoms with Gasteiger partial charge in [-0.2, -0.15) is 0 Å². The molecule has 0 heterocycles. The number of benzene rings is 1. The monoisotopic (exact) mass is 273 g/mol. The van der Waals surface area contributed by atoms with Gasteiger partial charge in [-0.1, -0.05) is 0 Å². The Morgan fingerprint density at radius 3 is 2.33 bits per heavy atom. The highest BCUT2D eigenvalue weighted by Crippen LogP contribution is 2.16. The highest BCUT2D eigenvalue weighted by molar-refractivity contribution is 7.89. The van der Waals surface area contributed by atoms with E-state index in [9.17, 15) is 13.2 Å². The van der Waals surface area contributed by atoms with Crippen molar-refractivity contribution < 1.29 is 22.7 Å². The summed E-state index contributed by atoms with van der Waals surface area (Å²) in [4.78, 5) is 11.3. The van der Waals surface area contributed by atoms with E-state index in [-0.39, 0.29) is 11.5 Å². The summed E-state index contributed by atoms with van der Waals surface area (Å²) in [7, 11) is -3.72. The summed E-state index contributed by atoms with van der Waals surface area (Å²) in [5, 5.41) is 4.95. The molecule has 0 aliphatic carbocycles. The Morgan fingerprint density at radius 2 is 1.89 bits per heavy atom. The average molecular weight is 273 g/mol. The number of primary sulfonamides is 1. The summed E-state index contributed by atoms with van der Waals surface area (Å²) in [6, 6.07) is 5.47. The number of nitrogens with two attached hydrogens (primary N) is 1. The fourth-order valence-electron chi connectivity index (χ4n) is 1.22. The fraction of sp³-hybridized carbons (Fsp3) is 0.364. The van der Waals surface area contributed by atoms with Crippen molar-refractivity contribution in [2.45, 2.75) is 24.8 Å². The van der Waals surface area contributed by atoms with Gasteiger partial charge in [-0.3, -0.25) is 0 Å². The molecule has 1 aromatic rings. The van der Waals surface area contributed by atoms with Crippen molar-refractivity contribution in [2.75, 3.05) is 6.61 Å². The molecule has 0 aromatic heterocycles. The summed E-state index contributed by atoms with van der Waals surface area (Å²) in [6.07, 6.45) is -0.759. The van der Waals surface area contributed by atoms with Gasteiger partial charge < -0.3 is 9.47 Å². The molecule has 1 aromatic carbocycles. The maximum atomic E-state index is 11.3. The van der Waals surface area contributed by atoms with Gasteiger partial charge in [0.25, 0.3) is 0 Å². The quantitative estimate of drug-likeness (QED) is 0.795. The van der Waals surface area contributed by atoms with Crippen LogP contribution in [0.3, 0.4) is 0 Å². The predicted molar refractivity (Wildman–Crippen MR) is 64.5 cm³/mol. The van der Waals surface area contributed by atoms with Crippen LogP contribution in [-0.4, -0.2) is 27.1 Å². The molecule has 0 saturated heterocycles. The van der Waals surface area contributed by atoms with Crippen molar-refractivity contribution in [3.63, 3.8) is 0 Å². The Balaban J connectivity index is 2.73. The lowest BCUT2D eigenvalue weighted by Gasteiger charge is -2.13. The highest BCUT2D eigenvalue weighted by Gasteiger charge is 2.16. The minimum absolute atomic E-state index is 0.0152. The number of hydrogen-bond donors (Lipinski definition) is 1. The molecule has 7 heteroatoms. The molecule has 0 aliphatic rings. The topological polar surface area (TPSA) is 95.7 Å². The third-order valence-corrected chi connectivity index (χ3v) is 3.01. The Kier molecular flexibility index (Phi) is 4.69. The average Bonchev–Trinajstić information content (AvgIpc) is 2.28. The first-order valence-electron chi connectivity index (χ1n) is 5.30. The summed E-state index contributed by atoms with van der Waals surface area (Å²) in [5.41, 5.74) is 0. The Morgan fingerprint density at radius 1 is 1.33 bits per heavy atom. The van der Waals surface area contributed by atoms with Crippen LogP contribution in [0.5, 0.6) is 5.75 Å². The molecule has 18 heavy (non-hydrogen) atoms. The molecule has 0 amide bonds. The number of rotatable bonds is 5. The minimum Gasteiger partial charge on any atom is -0.479 e. The number of ether oxygens (including phenoxy) is 2. The first-order chi connectivity index (χ1) is 8.34. The Hall–Kier alpha value is -1.60. The van der Waals surface area contributed by atoms with Crippen LogP contribution in [0.25, 0.3) is 0 Å². The van der Waals surface area contributed by atoms with Crippen molar-refractivity contribution in [1.29, 1.82) is 0 Å². The molecule has 2 N–H and O–H groups in total. The zero-order valence-electron chi connectivity index (χ0n) is 10.1. The number of esters is 1. The zero-order valence-corrected chi connectivity index (χ0v) is 10.9. The lowest BCUT2D eigenvalue weighted by Crippen LogP contribution is -2.26. The molecule has 6 nitrogen and oxygen atoms in total. The molecule has 1 rings (SSSR count). The van der Waals surface area contributed by atoms with Crippen molar-refractivity contribution in [2.24, 2.45) is 5.14 Å². The molecular formula is C11H15NO5S. The van der Waals surface area contributed by atoms with Crippen molar-refractivity contribution in [3.8, 4) is 5.75 Å². The SMILES string of the molecule is CCOC(=O)[C@H](C)Oc1ccc(S(N)(=O)=O)cc1.